The molecule has 0 fully saturated rings. The van der Waals surface area contributed by atoms with Gasteiger partial charge in [0.1, 0.15) is 5.82 Å². The van der Waals surface area contributed by atoms with Gasteiger partial charge in [-0.3, -0.25) is 4.79 Å². The maximum atomic E-state index is 12.8. The van der Waals surface area contributed by atoms with Crippen LogP contribution in [0.4, 0.5) is 10.1 Å². The molecule has 0 saturated heterocycles. The number of nitrogens with one attached hydrogen (secondary N) is 1. The van der Waals surface area contributed by atoms with Crippen molar-refractivity contribution in [3.05, 3.63) is 48.4 Å². The van der Waals surface area contributed by atoms with Gasteiger partial charge in [-0.1, -0.05) is 11.8 Å². The van der Waals surface area contributed by atoms with Crippen LogP contribution in [0.3, 0.4) is 0 Å². The van der Waals surface area contributed by atoms with E-state index in [0.29, 0.717) is 22.1 Å². The average Bonchev–Trinajstić information content (AvgIpc) is 2.91. The van der Waals surface area contributed by atoms with E-state index in [9.17, 15) is 9.18 Å². The first-order valence-corrected chi connectivity index (χ1v) is 7.44. The third-order valence-corrected chi connectivity index (χ3v) is 3.85. The SMILES string of the molecule is CC(Sc1nc2ncccc2o1)C(=O)Nc1ccc(F)cc1. The quantitative estimate of drug-likeness (QED) is 0.746. The second-order valence-electron chi connectivity index (χ2n) is 4.56. The summed E-state index contributed by atoms with van der Waals surface area (Å²) >= 11 is 1.20. The van der Waals surface area contributed by atoms with Gasteiger partial charge in [-0.15, -0.1) is 0 Å². The number of oxazole rings is 1. The Kier molecular flexibility index (Phi) is 4.06. The summed E-state index contributed by atoms with van der Waals surface area (Å²) in [6.45, 7) is 1.74. The van der Waals surface area contributed by atoms with Gasteiger partial charge in [-0.05, 0) is 43.3 Å². The molecule has 1 amide bonds. The van der Waals surface area contributed by atoms with E-state index in [-0.39, 0.29) is 11.7 Å². The number of pyridine rings is 1. The van der Waals surface area contributed by atoms with Gasteiger partial charge in [-0.2, -0.15) is 4.98 Å². The summed E-state index contributed by atoms with van der Waals surface area (Å²) in [5.41, 5.74) is 1.63. The Hall–Kier alpha value is -2.41. The van der Waals surface area contributed by atoms with Crippen molar-refractivity contribution in [2.24, 2.45) is 0 Å². The number of aromatic nitrogens is 2. The van der Waals surface area contributed by atoms with Crippen molar-refractivity contribution in [2.75, 3.05) is 5.32 Å². The van der Waals surface area contributed by atoms with Crippen LogP contribution in [0.2, 0.25) is 0 Å². The van der Waals surface area contributed by atoms with Crippen molar-refractivity contribution in [3.8, 4) is 0 Å². The molecule has 3 rings (SSSR count). The highest BCUT2D eigenvalue weighted by atomic mass is 32.2. The molecule has 0 saturated carbocycles. The molecular weight excluding hydrogens is 305 g/mol. The molecule has 0 bridgehead atoms. The van der Waals surface area contributed by atoms with Crippen LogP contribution >= 0.6 is 11.8 Å². The smallest absolute Gasteiger partial charge is 0.259 e. The molecule has 1 aromatic carbocycles. The molecule has 1 atom stereocenters. The van der Waals surface area contributed by atoms with Crippen molar-refractivity contribution >= 4 is 34.6 Å². The molecule has 1 unspecified atom stereocenters. The van der Waals surface area contributed by atoms with E-state index in [4.69, 9.17) is 4.42 Å². The van der Waals surface area contributed by atoms with Crippen molar-refractivity contribution in [2.45, 2.75) is 17.4 Å². The van der Waals surface area contributed by atoms with Crippen LogP contribution in [0.5, 0.6) is 0 Å². The van der Waals surface area contributed by atoms with Gasteiger partial charge in [0, 0.05) is 11.9 Å². The lowest BCUT2D eigenvalue weighted by molar-refractivity contribution is -0.115. The van der Waals surface area contributed by atoms with Gasteiger partial charge in [0.2, 0.25) is 5.91 Å². The summed E-state index contributed by atoms with van der Waals surface area (Å²) in [5.74, 6) is -0.564. The van der Waals surface area contributed by atoms with Crippen LogP contribution in [0.25, 0.3) is 11.2 Å². The molecule has 3 aromatic rings. The fraction of sp³-hybridized carbons (Fsp3) is 0.133. The highest BCUT2D eigenvalue weighted by Gasteiger charge is 2.18. The fourth-order valence-corrected chi connectivity index (χ4v) is 2.53. The molecule has 5 nitrogen and oxygen atoms in total. The summed E-state index contributed by atoms with van der Waals surface area (Å²) in [6.07, 6.45) is 1.63. The molecule has 0 aliphatic heterocycles. The topological polar surface area (TPSA) is 68.0 Å². The van der Waals surface area contributed by atoms with E-state index < -0.39 is 5.25 Å². The zero-order valence-electron chi connectivity index (χ0n) is 11.6. The zero-order valence-corrected chi connectivity index (χ0v) is 12.4. The molecule has 2 heterocycles. The number of hydrogen-bond acceptors (Lipinski definition) is 5. The molecule has 0 aliphatic carbocycles. The van der Waals surface area contributed by atoms with Crippen LogP contribution in [-0.4, -0.2) is 21.1 Å². The van der Waals surface area contributed by atoms with Gasteiger partial charge in [-0.25, -0.2) is 9.37 Å². The van der Waals surface area contributed by atoms with Gasteiger partial charge >= 0.3 is 0 Å². The summed E-state index contributed by atoms with van der Waals surface area (Å²) in [6, 6.07) is 9.12. The predicted molar refractivity (Wildman–Crippen MR) is 82.2 cm³/mol. The minimum absolute atomic E-state index is 0.216. The third-order valence-electron chi connectivity index (χ3n) is 2.90. The second kappa shape index (κ2) is 6.15. The van der Waals surface area contributed by atoms with E-state index in [2.05, 4.69) is 15.3 Å². The van der Waals surface area contributed by atoms with Crippen LogP contribution in [0.15, 0.2) is 52.2 Å². The van der Waals surface area contributed by atoms with E-state index >= 15 is 0 Å². The number of nitrogens with zero attached hydrogens (tertiary/aromatic N) is 2. The standard InChI is InChI=1S/C15H12FN3O2S/c1-9(14(20)18-11-6-4-10(16)5-7-11)22-15-19-13-12(21-15)3-2-8-17-13/h2-9H,1H3,(H,18,20). The van der Waals surface area contributed by atoms with Crippen LogP contribution < -0.4 is 5.32 Å². The number of benzene rings is 1. The number of hydrogen-bond donors (Lipinski definition) is 1. The number of anilines is 1. The number of carbonyl (C=O) groups excluding carboxylic acids is 1. The Morgan fingerprint density at radius 1 is 1.32 bits per heavy atom. The number of fused-ring (bicyclic) bond motifs is 1. The summed E-state index contributed by atoms with van der Waals surface area (Å²) in [7, 11) is 0. The van der Waals surface area contributed by atoms with Crippen molar-refractivity contribution in [3.63, 3.8) is 0 Å². The average molecular weight is 317 g/mol. The van der Waals surface area contributed by atoms with E-state index in [1.54, 1.807) is 25.3 Å². The summed E-state index contributed by atoms with van der Waals surface area (Å²) < 4.78 is 18.3. The molecule has 7 heteroatoms. The fourth-order valence-electron chi connectivity index (χ4n) is 1.78. The maximum absolute atomic E-state index is 12.8. The minimum Gasteiger partial charge on any atom is -0.430 e. The van der Waals surface area contributed by atoms with E-state index in [1.807, 2.05) is 0 Å². The highest BCUT2D eigenvalue weighted by molar-refractivity contribution is 8.00. The first kappa shape index (κ1) is 14.5. The van der Waals surface area contributed by atoms with Crippen molar-refractivity contribution in [1.29, 1.82) is 0 Å². The Morgan fingerprint density at radius 3 is 2.82 bits per heavy atom. The van der Waals surface area contributed by atoms with E-state index in [1.165, 1.54) is 36.0 Å². The van der Waals surface area contributed by atoms with Crippen LogP contribution in [0.1, 0.15) is 6.92 Å². The van der Waals surface area contributed by atoms with E-state index in [0.717, 1.165) is 0 Å². The molecule has 1 N–H and O–H groups in total. The molecular formula is C15H12FN3O2S. The first-order chi connectivity index (χ1) is 10.6. The minimum atomic E-state index is -0.418. The Morgan fingerprint density at radius 2 is 2.09 bits per heavy atom. The predicted octanol–water partition coefficient (Wildman–Crippen LogP) is 3.48. The molecule has 0 radical (unpaired) electrons. The third kappa shape index (κ3) is 3.25. The number of halogens is 1. The zero-order chi connectivity index (χ0) is 15.5. The lowest BCUT2D eigenvalue weighted by Gasteiger charge is -2.09. The van der Waals surface area contributed by atoms with Gasteiger partial charge in [0.15, 0.2) is 11.2 Å². The highest BCUT2D eigenvalue weighted by Crippen LogP contribution is 2.26. The van der Waals surface area contributed by atoms with Crippen molar-refractivity contribution in [1.82, 2.24) is 9.97 Å². The van der Waals surface area contributed by atoms with Crippen molar-refractivity contribution < 1.29 is 13.6 Å². The summed E-state index contributed by atoms with van der Waals surface area (Å²) in [4.78, 5) is 20.4. The van der Waals surface area contributed by atoms with Crippen LogP contribution in [0, 0.1) is 5.82 Å². The van der Waals surface area contributed by atoms with Gasteiger partial charge in [0.05, 0.1) is 5.25 Å². The Balaban J connectivity index is 1.66. The number of thioether (sulfide) groups is 1. The van der Waals surface area contributed by atoms with Gasteiger partial charge in [0.25, 0.3) is 5.22 Å². The molecule has 2 aromatic heterocycles. The summed E-state index contributed by atoms with van der Waals surface area (Å²) in [5, 5.41) is 2.68. The number of rotatable bonds is 4. The van der Waals surface area contributed by atoms with Crippen LogP contribution in [-0.2, 0) is 4.79 Å². The lowest BCUT2D eigenvalue weighted by atomic mass is 10.3. The number of carbonyl (C=O) groups is 1. The Bertz CT molecular complexity index is 771. The molecule has 112 valence electrons. The molecule has 0 aliphatic rings. The number of amides is 1. The van der Waals surface area contributed by atoms with Gasteiger partial charge < -0.3 is 9.73 Å². The first-order valence-electron chi connectivity index (χ1n) is 6.56. The Labute approximate surface area is 129 Å². The second-order valence-corrected chi connectivity index (χ2v) is 5.85. The monoisotopic (exact) mass is 317 g/mol. The largest absolute Gasteiger partial charge is 0.430 e. The normalized spacial score (nSPS) is 12.3. The molecule has 0 spiro atoms. The molecule has 22 heavy (non-hydrogen) atoms. The lowest BCUT2D eigenvalue weighted by Crippen LogP contribution is -2.22. The maximum Gasteiger partial charge on any atom is 0.259 e.